The van der Waals surface area contributed by atoms with Gasteiger partial charge in [-0.15, -0.1) is 0 Å². The Bertz CT molecular complexity index is 398. The standard InChI is InChI=1S/C14H20ClNO3/c1-3-19-14(17)10-18-9-8-16-11(2)12-6-4-5-7-13(12)15/h4-7,11,16H,3,8-10H2,1-2H3/t11-/m0/s1. The van der Waals surface area contributed by atoms with Crippen LogP contribution < -0.4 is 5.32 Å². The summed E-state index contributed by atoms with van der Waals surface area (Å²) in [6.07, 6.45) is 0. The Balaban J connectivity index is 2.19. The predicted octanol–water partition coefficient (Wildman–Crippen LogP) is 2.57. The molecule has 0 saturated carbocycles. The Morgan fingerprint density at radius 3 is 2.84 bits per heavy atom. The first-order valence-electron chi connectivity index (χ1n) is 6.36. The SMILES string of the molecule is CCOC(=O)COCCN[C@@H](C)c1ccccc1Cl. The monoisotopic (exact) mass is 285 g/mol. The van der Waals surface area contributed by atoms with Crippen LogP contribution in [0, 0.1) is 0 Å². The zero-order valence-electron chi connectivity index (χ0n) is 11.3. The van der Waals surface area contributed by atoms with Crippen molar-refractivity contribution < 1.29 is 14.3 Å². The second kappa shape index (κ2) is 8.91. The maximum atomic E-state index is 11.0. The van der Waals surface area contributed by atoms with Gasteiger partial charge in [-0.2, -0.15) is 0 Å². The summed E-state index contributed by atoms with van der Waals surface area (Å²) in [5, 5.41) is 4.03. The fraction of sp³-hybridized carbons (Fsp3) is 0.500. The third kappa shape index (κ3) is 6.05. The molecule has 106 valence electrons. The molecule has 1 N–H and O–H groups in total. The topological polar surface area (TPSA) is 47.6 Å². The van der Waals surface area contributed by atoms with E-state index in [0.29, 0.717) is 19.8 Å². The molecule has 1 atom stereocenters. The maximum absolute atomic E-state index is 11.0. The van der Waals surface area contributed by atoms with E-state index in [4.69, 9.17) is 21.1 Å². The summed E-state index contributed by atoms with van der Waals surface area (Å²) in [4.78, 5) is 11.0. The van der Waals surface area contributed by atoms with E-state index in [0.717, 1.165) is 10.6 Å². The van der Waals surface area contributed by atoms with E-state index in [1.165, 1.54) is 0 Å². The molecule has 4 nitrogen and oxygen atoms in total. The van der Waals surface area contributed by atoms with Gasteiger partial charge in [0.25, 0.3) is 0 Å². The van der Waals surface area contributed by atoms with Gasteiger partial charge >= 0.3 is 5.97 Å². The second-order valence-electron chi connectivity index (χ2n) is 4.05. The summed E-state index contributed by atoms with van der Waals surface area (Å²) in [5.41, 5.74) is 1.05. The number of carbonyl (C=O) groups excluding carboxylic acids is 1. The van der Waals surface area contributed by atoms with Crippen molar-refractivity contribution in [1.29, 1.82) is 0 Å². The molecular formula is C14H20ClNO3. The highest BCUT2D eigenvalue weighted by atomic mass is 35.5. The largest absolute Gasteiger partial charge is 0.464 e. The number of benzene rings is 1. The molecule has 19 heavy (non-hydrogen) atoms. The Kier molecular flexibility index (Phi) is 7.48. The van der Waals surface area contributed by atoms with Gasteiger partial charge in [0, 0.05) is 17.6 Å². The molecule has 0 unspecified atom stereocenters. The summed E-state index contributed by atoms with van der Waals surface area (Å²) in [7, 11) is 0. The average molecular weight is 286 g/mol. The summed E-state index contributed by atoms with van der Waals surface area (Å²) < 4.78 is 9.95. The van der Waals surface area contributed by atoms with E-state index in [1.807, 2.05) is 31.2 Å². The molecule has 0 radical (unpaired) electrons. The van der Waals surface area contributed by atoms with Crippen LogP contribution in [0.3, 0.4) is 0 Å². The Morgan fingerprint density at radius 2 is 2.16 bits per heavy atom. The van der Waals surface area contributed by atoms with Crippen molar-refractivity contribution in [2.75, 3.05) is 26.4 Å². The number of halogens is 1. The molecule has 5 heteroatoms. The van der Waals surface area contributed by atoms with Crippen molar-refractivity contribution in [1.82, 2.24) is 5.32 Å². The van der Waals surface area contributed by atoms with Gasteiger partial charge in [-0.25, -0.2) is 4.79 Å². The number of carbonyl (C=O) groups is 1. The lowest BCUT2D eigenvalue weighted by Gasteiger charge is -2.15. The van der Waals surface area contributed by atoms with Gasteiger partial charge in [-0.3, -0.25) is 0 Å². The van der Waals surface area contributed by atoms with Crippen LogP contribution in [-0.2, 0) is 14.3 Å². The van der Waals surface area contributed by atoms with Crippen LogP contribution >= 0.6 is 11.6 Å². The first kappa shape index (κ1) is 16.0. The van der Waals surface area contributed by atoms with Gasteiger partial charge in [-0.05, 0) is 25.5 Å². The number of hydrogen-bond donors (Lipinski definition) is 1. The highest BCUT2D eigenvalue weighted by molar-refractivity contribution is 6.31. The van der Waals surface area contributed by atoms with Crippen molar-refractivity contribution in [2.24, 2.45) is 0 Å². The summed E-state index contributed by atoms with van der Waals surface area (Å²) in [5.74, 6) is -0.332. The number of ether oxygens (including phenoxy) is 2. The molecule has 0 bridgehead atoms. The second-order valence-corrected chi connectivity index (χ2v) is 4.46. The van der Waals surface area contributed by atoms with Gasteiger partial charge in [0.2, 0.25) is 0 Å². The van der Waals surface area contributed by atoms with Crippen LogP contribution in [0.4, 0.5) is 0 Å². The number of esters is 1. The van der Waals surface area contributed by atoms with E-state index in [9.17, 15) is 4.79 Å². The third-order valence-corrected chi connectivity index (χ3v) is 2.94. The Hall–Kier alpha value is -1.10. The molecule has 0 aliphatic rings. The molecule has 0 aliphatic heterocycles. The van der Waals surface area contributed by atoms with Gasteiger partial charge < -0.3 is 14.8 Å². The van der Waals surface area contributed by atoms with Gasteiger partial charge in [-0.1, -0.05) is 29.8 Å². The molecule has 1 aromatic rings. The quantitative estimate of drug-likeness (QED) is 0.589. The van der Waals surface area contributed by atoms with Gasteiger partial charge in [0.1, 0.15) is 6.61 Å². The van der Waals surface area contributed by atoms with Crippen molar-refractivity contribution in [3.8, 4) is 0 Å². The minimum absolute atomic E-state index is 0.00397. The normalized spacial score (nSPS) is 12.2. The van der Waals surface area contributed by atoms with Crippen LogP contribution in [0.25, 0.3) is 0 Å². The lowest BCUT2D eigenvalue weighted by molar-refractivity contribution is -0.148. The molecule has 0 spiro atoms. The lowest BCUT2D eigenvalue weighted by atomic mass is 10.1. The van der Waals surface area contributed by atoms with E-state index >= 15 is 0 Å². The predicted molar refractivity (Wildman–Crippen MR) is 75.3 cm³/mol. The van der Waals surface area contributed by atoms with Crippen LogP contribution in [0.1, 0.15) is 25.5 Å². The zero-order valence-corrected chi connectivity index (χ0v) is 12.1. The summed E-state index contributed by atoms with van der Waals surface area (Å²) >= 11 is 6.10. The van der Waals surface area contributed by atoms with Crippen LogP contribution in [0.2, 0.25) is 5.02 Å². The summed E-state index contributed by atoms with van der Waals surface area (Å²) in [6, 6.07) is 7.85. The number of rotatable bonds is 8. The molecule has 0 aromatic heterocycles. The maximum Gasteiger partial charge on any atom is 0.332 e. The number of nitrogens with one attached hydrogen (secondary N) is 1. The highest BCUT2D eigenvalue weighted by Crippen LogP contribution is 2.21. The van der Waals surface area contributed by atoms with Crippen molar-refractivity contribution in [2.45, 2.75) is 19.9 Å². The zero-order chi connectivity index (χ0) is 14.1. The fourth-order valence-corrected chi connectivity index (χ4v) is 1.94. The fourth-order valence-electron chi connectivity index (χ4n) is 1.64. The minimum Gasteiger partial charge on any atom is -0.464 e. The molecule has 1 rings (SSSR count). The van der Waals surface area contributed by atoms with Crippen molar-refractivity contribution in [3.05, 3.63) is 34.9 Å². The van der Waals surface area contributed by atoms with E-state index in [2.05, 4.69) is 5.32 Å². The van der Waals surface area contributed by atoms with E-state index in [1.54, 1.807) is 6.92 Å². The molecule has 0 saturated heterocycles. The van der Waals surface area contributed by atoms with E-state index < -0.39 is 0 Å². The lowest BCUT2D eigenvalue weighted by Crippen LogP contribution is -2.25. The van der Waals surface area contributed by atoms with Crippen molar-refractivity contribution in [3.63, 3.8) is 0 Å². The minimum atomic E-state index is -0.332. The van der Waals surface area contributed by atoms with Crippen molar-refractivity contribution >= 4 is 17.6 Å². The summed E-state index contributed by atoms with van der Waals surface area (Å²) in [6.45, 7) is 5.27. The third-order valence-electron chi connectivity index (χ3n) is 2.59. The van der Waals surface area contributed by atoms with Crippen LogP contribution in [0.15, 0.2) is 24.3 Å². The number of hydrogen-bond acceptors (Lipinski definition) is 4. The molecular weight excluding hydrogens is 266 g/mol. The van der Waals surface area contributed by atoms with E-state index in [-0.39, 0.29) is 18.6 Å². The highest BCUT2D eigenvalue weighted by Gasteiger charge is 2.08. The first-order chi connectivity index (χ1) is 9.15. The van der Waals surface area contributed by atoms with Gasteiger partial charge in [0.05, 0.1) is 13.2 Å². The Labute approximate surface area is 119 Å². The van der Waals surface area contributed by atoms with Gasteiger partial charge in [0.15, 0.2) is 0 Å². The van der Waals surface area contributed by atoms with Crippen LogP contribution in [-0.4, -0.2) is 32.3 Å². The average Bonchev–Trinajstić information content (AvgIpc) is 2.39. The molecule has 0 heterocycles. The Morgan fingerprint density at radius 1 is 1.42 bits per heavy atom. The molecule has 0 aliphatic carbocycles. The smallest absolute Gasteiger partial charge is 0.332 e. The molecule has 1 aromatic carbocycles. The van der Waals surface area contributed by atoms with Crippen LogP contribution in [0.5, 0.6) is 0 Å². The molecule has 0 amide bonds. The molecule has 0 fully saturated rings. The first-order valence-corrected chi connectivity index (χ1v) is 6.74.